The van der Waals surface area contributed by atoms with E-state index in [9.17, 15) is 14.4 Å². The maximum atomic E-state index is 11.6. The van der Waals surface area contributed by atoms with Gasteiger partial charge in [0.05, 0.1) is 5.69 Å². The van der Waals surface area contributed by atoms with Crippen LogP contribution in [0.25, 0.3) is 0 Å². The van der Waals surface area contributed by atoms with Gasteiger partial charge >= 0.3 is 11.9 Å². The summed E-state index contributed by atoms with van der Waals surface area (Å²) in [7, 11) is 0. The zero-order valence-electron chi connectivity index (χ0n) is 10.4. The molecule has 5 heteroatoms. The fourth-order valence-corrected chi connectivity index (χ4v) is 1.45. The van der Waals surface area contributed by atoms with Crippen molar-refractivity contribution in [1.82, 2.24) is 0 Å². The van der Waals surface area contributed by atoms with Crippen molar-refractivity contribution < 1.29 is 14.3 Å². The van der Waals surface area contributed by atoms with Crippen molar-refractivity contribution >= 4 is 17.6 Å². The second-order valence-electron chi connectivity index (χ2n) is 3.85. The minimum absolute atomic E-state index is 0.0185. The third-order valence-electron chi connectivity index (χ3n) is 2.39. The van der Waals surface area contributed by atoms with E-state index in [4.69, 9.17) is 4.74 Å². The van der Waals surface area contributed by atoms with Crippen LogP contribution in [0.15, 0.2) is 65.5 Å². The number of para-hydroxylation sites is 1. The van der Waals surface area contributed by atoms with E-state index in [1.165, 1.54) is 12.1 Å². The number of nitrogens with one attached hydrogen (secondary N) is 1. The fourth-order valence-electron chi connectivity index (χ4n) is 1.45. The first-order chi connectivity index (χ1) is 9.66. The zero-order valence-corrected chi connectivity index (χ0v) is 10.4. The summed E-state index contributed by atoms with van der Waals surface area (Å²) < 4.78 is 4.86. The average Bonchev–Trinajstić information content (AvgIpc) is 2.65. The Bertz CT molecular complexity index is 683. The Hall–Kier alpha value is -2.95. The summed E-state index contributed by atoms with van der Waals surface area (Å²) in [6, 6.07) is 15.7. The maximum Gasteiger partial charge on any atom is 0.402 e. The van der Waals surface area contributed by atoms with E-state index < -0.39 is 17.3 Å². The molecular formula is C15H11NO4. The lowest BCUT2D eigenvalue weighted by atomic mass is 10.3. The molecule has 100 valence electrons. The Balaban J connectivity index is 2.07. The summed E-state index contributed by atoms with van der Waals surface area (Å²) in [4.78, 5) is 34.8. The van der Waals surface area contributed by atoms with Crippen LogP contribution in [-0.2, 0) is 9.59 Å². The zero-order chi connectivity index (χ0) is 14.4. The lowest BCUT2D eigenvalue weighted by Crippen LogP contribution is -2.29. The molecule has 0 heterocycles. The van der Waals surface area contributed by atoms with Gasteiger partial charge in [-0.3, -0.25) is 9.59 Å². The molecule has 2 aromatic carbocycles. The number of anilines is 1. The molecule has 0 fully saturated rings. The molecule has 0 saturated heterocycles. The Morgan fingerprint density at radius 1 is 0.850 bits per heavy atom. The molecule has 0 aromatic heterocycles. The highest BCUT2D eigenvalue weighted by Crippen LogP contribution is 2.08. The number of ether oxygens (including phenoxy) is 1. The molecule has 0 radical (unpaired) electrons. The smallest absolute Gasteiger partial charge is 0.402 e. The fraction of sp³-hybridized carbons (Fsp3) is 0. The van der Waals surface area contributed by atoms with Crippen molar-refractivity contribution in [1.29, 1.82) is 0 Å². The van der Waals surface area contributed by atoms with Crippen LogP contribution < -0.4 is 15.5 Å². The number of esters is 1. The largest absolute Gasteiger partial charge is 0.419 e. The predicted molar refractivity (Wildman–Crippen MR) is 73.4 cm³/mol. The molecule has 1 amide bonds. The topological polar surface area (TPSA) is 72.5 Å². The van der Waals surface area contributed by atoms with Crippen LogP contribution in [0.1, 0.15) is 0 Å². The van der Waals surface area contributed by atoms with Crippen molar-refractivity contribution in [2.45, 2.75) is 0 Å². The molecule has 0 aliphatic carbocycles. The minimum atomic E-state index is -1.08. The Morgan fingerprint density at radius 2 is 1.45 bits per heavy atom. The van der Waals surface area contributed by atoms with Crippen LogP contribution in [0.5, 0.6) is 5.75 Å². The van der Waals surface area contributed by atoms with Gasteiger partial charge in [0.15, 0.2) is 0 Å². The molecule has 0 unspecified atom stereocenters. The molecule has 0 aliphatic heterocycles. The SMILES string of the molecule is O=C(Nc1cccccc1=O)C(=O)Oc1ccccc1. The van der Waals surface area contributed by atoms with Crippen LogP contribution >= 0.6 is 0 Å². The molecule has 0 spiro atoms. The van der Waals surface area contributed by atoms with Gasteiger partial charge in [0.1, 0.15) is 5.75 Å². The van der Waals surface area contributed by atoms with E-state index in [1.54, 1.807) is 48.5 Å². The summed E-state index contributed by atoms with van der Waals surface area (Å²) >= 11 is 0. The van der Waals surface area contributed by atoms with Gasteiger partial charge in [-0.15, -0.1) is 0 Å². The maximum absolute atomic E-state index is 11.6. The number of carbonyl (C=O) groups excluding carboxylic acids is 2. The lowest BCUT2D eigenvalue weighted by Gasteiger charge is -2.04. The van der Waals surface area contributed by atoms with E-state index >= 15 is 0 Å². The van der Waals surface area contributed by atoms with E-state index in [1.807, 2.05) is 0 Å². The quantitative estimate of drug-likeness (QED) is 0.510. The predicted octanol–water partition coefficient (Wildman–Crippen LogP) is 1.59. The monoisotopic (exact) mass is 269 g/mol. The van der Waals surface area contributed by atoms with Crippen LogP contribution in [-0.4, -0.2) is 11.9 Å². The summed E-state index contributed by atoms with van der Waals surface area (Å²) in [5.41, 5.74) is -0.374. The second kappa shape index (κ2) is 6.29. The summed E-state index contributed by atoms with van der Waals surface area (Å²) in [6.45, 7) is 0. The first-order valence-electron chi connectivity index (χ1n) is 5.84. The molecule has 20 heavy (non-hydrogen) atoms. The van der Waals surface area contributed by atoms with Crippen LogP contribution in [0.2, 0.25) is 0 Å². The molecule has 0 saturated carbocycles. The van der Waals surface area contributed by atoms with Gasteiger partial charge in [0.2, 0.25) is 5.43 Å². The van der Waals surface area contributed by atoms with Crippen molar-refractivity contribution in [3.63, 3.8) is 0 Å². The molecule has 5 nitrogen and oxygen atoms in total. The van der Waals surface area contributed by atoms with E-state index in [0.29, 0.717) is 0 Å². The standard InChI is InChI=1S/C15H11NO4/c17-13-10-6-2-5-9-12(13)16-14(18)15(19)20-11-7-3-1-4-8-11/h1-10H,(H,16,17,18). The van der Waals surface area contributed by atoms with Crippen molar-refractivity contribution in [2.75, 3.05) is 5.32 Å². The second-order valence-corrected chi connectivity index (χ2v) is 3.85. The summed E-state index contributed by atoms with van der Waals surface area (Å²) in [5.74, 6) is -1.83. The van der Waals surface area contributed by atoms with Crippen LogP contribution in [0.4, 0.5) is 5.69 Å². The average molecular weight is 269 g/mol. The van der Waals surface area contributed by atoms with Crippen LogP contribution in [0, 0.1) is 0 Å². The normalized spacial score (nSPS) is 9.60. The van der Waals surface area contributed by atoms with Gasteiger partial charge in [-0.2, -0.15) is 0 Å². The molecule has 0 atom stereocenters. The molecule has 0 bridgehead atoms. The van der Waals surface area contributed by atoms with Gasteiger partial charge in [-0.1, -0.05) is 36.4 Å². The molecular weight excluding hydrogens is 258 g/mol. The Kier molecular flexibility index (Phi) is 4.24. The van der Waals surface area contributed by atoms with Crippen LogP contribution in [0.3, 0.4) is 0 Å². The summed E-state index contributed by atoms with van der Waals surface area (Å²) in [5, 5.41) is 2.22. The Labute approximate surface area is 114 Å². The lowest BCUT2D eigenvalue weighted by molar-refractivity contribution is -0.145. The highest BCUT2D eigenvalue weighted by molar-refractivity contribution is 6.37. The highest BCUT2D eigenvalue weighted by Gasteiger charge is 2.17. The third kappa shape index (κ3) is 3.52. The number of amides is 1. The van der Waals surface area contributed by atoms with Gasteiger partial charge < -0.3 is 10.1 Å². The molecule has 1 N–H and O–H groups in total. The highest BCUT2D eigenvalue weighted by atomic mass is 16.5. The first-order valence-corrected chi connectivity index (χ1v) is 5.84. The minimum Gasteiger partial charge on any atom is -0.419 e. The van der Waals surface area contributed by atoms with E-state index in [0.717, 1.165) is 0 Å². The number of hydrogen-bond acceptors (Lipinski definition) is 4. The molecule has 0 aliphatic rings. The number of hydrogen-bond donors (Lipinski definition) is 1. The van der Waals surface area contributed by atoms with Crippen molar-refractivity contribution in [3.8, 4) is 5.75 Å². The van der Waals surface area contributed by atoms with Crippen molar-refractivity contribution in [3.05, 3.63) is 70.9 Å². The summed E-state index contributed by atoms with van der Waals surface area (Å²) in [6.07, 6.45) is 0. The molecule has 2 aromatic rings. The number of rotatable bonds is 2. The van der Waals surface area contributed by atoms with E-state index in [-0.39, 0.29) is 11.4 Å². The third-order valence-corrected chi connectivity index (χ3v) is 2.39. The number of benzene rings is 1. The van der Waals surface area contributed by atoms with Gasteiger partial charge in [0, 0.05) is 0 Å². The van der Waals surface area contributed by atoms with Gasteiger partial charge in [-0.25, -0.2) is 4.79 Å². The van der Waals surface area contributed by atoms with Gasteiger partial charge in [-0.05, 0) is 24.3 Å². The number of carbonyl (C=O) groups is 2. The first kappa shape index (κ1) is 13.5. The van der Waals surface area contributed by atoms with Gasteiger partial charge in [0.25, 0.3) is 0 Å². The van der Waals surface area contributed by atoms with E-state index in [2.05, 4.69) is 5.32 Å². The Morgan fingerprint density at radius 3 is 2.15 bits per heavy atom. The van der Waals surface area contributed by atoms with Crippen molar-refractivity contribution in [2.24, 2.45) is 0 Å². The molecule has 2 rings (SSSR count).